The van der Waals surface area contributed by atoms with E-state index in [2.05, 4.69) is 9.97 Å². The van der Waals surface area contributed by atoms with Crippen LogP contribution < -0.4 is 0 Å². The van der Waals surface area contributed by atoms with E-state index in [1.54, 1.807) is 6.20 Å². The number of hydrogen-bond acceptors (Lipinski definition) is 3. The summed E-state index contributed by atoms with van der Waals surface area (Å²) in [6, 6.07) is 3.68. The lowest BCUT2D eigenvalue weighted by Crippen LogP contribution is -2.03. The van der Waals surface area contributed by atoms with Gasteiger partial charge in [-0.2, -0.15) is 0 Å². The molecule has 0 aromatic carbocycles. The molecule has 2 rings (SSSR count). The zero-order chi connectivity index (χ0) is 10.8. The molecule has 0 aliphatic rings. The van der Waals surface area contributed by atoms with Crippen LogP contribution in [0, 0.1) is 0 Å². The molecule has 0 aliphatic carbocycles. The number of aliphatic carboxylic acids is 1. The van der Waals surface area contributed by atoms with Gasteiger partial charge in [-0.3, -0.25) is 4.79 Å². The molecular formula is C10H11N3O2. The summed E-state index contributed by atoms with van der Waals surface area (Å²) in [4.78, 5) is 18.9. The van der Waals surface area contributed by atoms with E-state index < -0.39 is 5.97 Å². The van der Waals surface area contributed by atoms with Gasteiger partial charge in [0.05, 0.1) is 6.42 Å². The first kappa shape index (κ1) is 9.64. The van der Waals surface area contributed by atoms with Crippen molar-refractivity contribution in [2.45, 2.75) is 12.8 Å². The van der Waals surface area contributed by atoms with Gasteiger partial charge in [-0.15, -0.1) is 0 Å². The van der Waals surface area contributed by atoms with Crippen molar-refractivity contribution in [1.29, 1.82) is 0 Å². The Morgan fingerprint density at radius 1 is 1.60 bits per heavy atom. The minimum Gasteiger partial charge on any atom is -0.481 e. The molecule has 78 valence electrons. The van der Waals surface area contributed by atoms with E-state index in [0.29, 0.717) is 6.42 Å². The topological polar surface area (TPSA) is 68.0 Å². The third kappa shape index (κ3) is 1.81. The predicted molar refractivity (Wildman–Crippen MR) is 54.5 cm³/mol. The van der Waals surface area contributed by atoms with Gasteiger partial charge < -0.3 is 9.67 Å². The molecule has 15 heavy (non-hydrogen) atoms. The van der Waals surface area contributed by atoms with Gasteiger partial charge in [-0.05, 0) is 12.1 Å². The van der Waals surface area contributed by atoms with Crippen molar-refractivity contribution in [1.82, 2.24) is 14.5 Å². The molecular weight excluding hydrogens is 194 g/mol. The zero-order valence-electron chi connectivity index (χ0n) is 8.34. The highest BCUT2D eigenvalue weighted by Crippen LogP contribution is 2.12. The summed E-state index contributed by atoms with van der Waals surface area (Å²) in [6.07, 6.45) is 2.23. The summed E-state index contributed by atoms with van der Waals surface area (Å²) in [5.74, 6) is -0.0545. The summed E-state index contributed by atoms with van der Waals surface area (Å²) in [6.45, 7) is 0. The summed E-state index contributed by atoms with van der Waals surface area (Å²) in [5, 5.41) is 8.59. The highest BCUT2D eigenvalue weighted by Gasteiger charge is 2.09. The Kier molecular flexibility index (Phi) is 2.37. The maximum Gasteiger partial charge on any atom is 0.303 e. The Labute approximate surface area is 86.4 Å². The van der Waals surface area contributed by atoms with Crippen LogP contribution in [0.25, 0.3) is 11.2 Å². The fraction of sp³-hybridized carbons (Fsp3) is 0.300. The molecule has 0 amide bonds. The Balaban J connectivity index is 2.36. The van der Waals surface area contributed by atoms with E-state index in [-0.39, 0.29) is 6.42 Å². The van der Waals surface area contributed by atoms with Crippen LogP contribution in [0.3, 0.4) is 0 Å². The van der Waals surface area contributed by atoms with E-state index in [1.165, 1.54) is 0 Å². The van der Waals surface area contributed by atoms with Crippen molar-refractivity contribution in [3.05, 3.63) is 24.2 Å². The normalized spacial score (nSPS) is 10.7. The number of fused-ring (bicyclic) bond motifs is 1. The summed E-state index contributed by atoms with van der Waals surface area (Å²) in [7, 11) is 1.85. The number of pyridine rings is 1. The number of carbonyl (C=O) groups is 1. The predicted octanol–water partition coefficient (Wildman–Crippen LogP) is 0.985. The summed E-state index contributed by atoms with van der Waals surface area (Å²) < 4.78 is 1.83. The van der Waals surface area contributed by atoms with Crippen LogP contribution in [0.15, 0.2) is 18.3 Å². The molecule has 0 aliphatic heterocycles. The van der Waals surface area contributed by atoms with Crippen molar-refractivity contribution in [3.8, 4) is 0 Å². The van der Waals surface area contributed by atoms with E-state index >= 15 is 0 Å². The second-order valence-electron chi connectivity index (χ2n) is 3.33. The number of imidazole rings is 1. The number of aryl methyl sites for hydroxylation is 2. The van der Waals surface area contributed by atoms with E-state index in [4.69, 9.17) is 5.11 Å². The molecule has 0 fully saturated rings. The molecule has 1 N–H and O–H groups in total. The maximum absolute atomic E-state index is 10.4. The number of aromatic nitrogens is 3. The molecule has 0 unspecified atom stereocenters. The summed E-state index contributed by atoms with van der Waals surface area (Å²) >= 11 is 0. The van der Waals surface area contributed by atoms with Crippen molar-refractivity contribution in [2.24, 2.45) is 7.05 Å². The molecule has 0 atom stereocenters. The van der Waals surface area contributed by atoms with E-state index in [9.17, 15) is 4.79 Å². The number of rotatable bonds is 3. The lowest BCUT2D eigenvalue weighted by atomic mass is 10.3. The number of hydrogen-bond donors (Lipinski definition) is 1. The molecule has 0 radical (unpaired) electrons. The van der Waals surface area contributed by atoms with Gasteiger partial charge in [0, 0.05) is 19.7 Å². The molecule has 2 aromatic heterocycles. The Hall–Kier alpha value is -1.91. The lowest BCUT2D eigenvalue weighted by molar-refractivity contribution is -0.137. The molecule has 2 heterocycles. The first-order chi connectivity index (χ1) is 7.18. The quantitative estimate of drug-likeness (QED) is 0.811. The molecule has 2 aromatic rings. The van der Waals surface area contributed by atoms with Crippen molar-refractivity contribution in [2.75, 3.05) is 0 Å². The van der Waals surface area contributed by atoms with Gasteiger partial charge in [0.15, 0.2) is 5.65 Å². The third-order valence-corrected chi connectivity index (χ3v) is 2.28. The Morgan fingerprint density at radius 2 is 2.40 bits per heavy atom. The van der Waals surface area contributed by atoms with Crippen LogP contribution in [0.5, 0.6) is 0 Å². The second kappa shape index (κ2) is 3.68. The number of carboxylic acid groups (broad SMARTS) is 1. The fourth-order valence-electron chi connectivity index (χ4n) is 1.51. The third-order valence-electron chi connectivity index (χ3n) is 2.28. The molecule has 0 saturated heterocycles. The fourth-order valence-corrected chi connectivity index (χ4v) is 1.51. The van der Waals surface area contributed by atoms with Crippen molar-refractivity contribution < 1.29 is 9.90 Å². The van der Waals surface area contributed by atoms with Crippen LogP contribution in [0.4, 0.5) is 0 Å². The lowest BCUT2D eigenvalue weighted by Gasteiger charge is -1.98. The Bertz CT molecular complexity index is 504. The Morgan fingerprint density at radius 3 is 3.07 bits per heavy atom. The minimum absolute atomic E-state index is 0.0944. The van der Waals surface area contributed by atoms with Gasteiger partial charge in [-0.1, -0.05) is 0 Å². The largest absolute Gasteiger partial charge is 0.481 e. The second-order valence-corrected chi connectivity index (χ2v) is 3.33. The smallest absolute Gasteiger partial charge is 0.303 e. The molecule has 0 spiro atoms. The molecule has 5 nitrogen and oxygen atoms in total. The average Bonchev–Trinajstić information content (AvgIpc) is 2.54. The highest BCUT2D eigenvalue weighted by molar-refractivity contribution is 5.71. The van der Waals surface area contributed by atoms with Crippen LogP contribution in [0.1, 0.15) is 12.2 Å². The van der Waals surface area contributed by atoms with E-state index in [0.717, 1.165) is 17.0 Å². The van der Waals surface area contributed by atoms with Gasteiger partial charge >= 0.3 is 5.97 Å². The van der Waals surface area contributed by atoms with Gasteiger partial charge in [0.25, 0.3) is 0 Å². The SMILES string of the molecule is Cn1c(CCC(=O)O)nc2cccnc21. The van der Waals surface area contributed by atoms with Gasteiger partial charge in [0.2, 0.25) is 0 Å². The highest BCUT2D eigenvalue weighted by atomic mass is 16.4. The zero-order valence-corrected chi connectivity index (χ0v) is 8.34. The standard InChI is InChI=1S/C10H11N3O2/c1-13-8(4-5-9(14)15)12-7-3-2-6-11-10(7)13/h2-3,6H,4-5H2,1H3,(H,14,15). The van der Waals surface area contributed by atoms with E-state index in [1.807, 2.05) is 23.7 Å². The number of nitrogens with zero attached hydrogens (tertiary/aromatic N) is 3. The van der Waals surface area contributed by atoms with Crippen LogP contribution in [-0.4, -0.2) is 25.6 Å². The number of carboxylic acids is 1. The van der Waals surface area contributed by atoms with Crippen LogP contribution in [0.2, 0.25) is 0 Å². The maximum atomic E-state index is 10.4. The average molecular weight is 205 g/mol. The van der Waals surface area contributed by atoms with Gasteiger partial charge in [-0.25, -0.2) is 9.97 Å². The van der Waals surface area contributed by atoms with Gasteiger partial charge in [0.1, 0.15) is 11.3 Å². The van der Waals surface area contributed by atoms with Crippen molar-refractivity contribution in [3.63, 3.8) is 0 Å². The van der Waals surface area contributed by atoms with Crippen LogP contribution in [-0.2, 0) is 18.3 Å². The molecule has 0 saturated carbocycles. The minimum atomic E-state index is -0.810. The first-order valence-corrected chi connectivity index (χ1v) is 4.66. The molecule has 5 heteroatoms. The monoisotopic (exact) mass is 205 g/mol. The van der Waals surface area contributed by atoms with Crippen LogP contribution >= 0.6 is 0 Å². The first-order valence-electron chi connectivity index (χ1n) is 4.66. The molecule has 0 bridgehead atoms. The van der Waals surface area contributed by atoms with Crippen molar-refractivity contribution >= 4 is 17.1 Å². The summed E-state index contributed by atoms with van der Waals surface area (Å²) in [5.41, 5.74) is 1.60.